The van der Waals surface area contributed by atoms with Gasteiger partial charge < -0.3 is 5.73 Å². The summed E-state index contributed by atoms with van der Waals surface area (Å²) in [6.07, 6.45) is -0.132. The van der Waals surface area contributed by atoms with Crippen LogP contribution in [-0.4, -0.2) is 5.78 Å². The van der Waals surface area contributed by atoms with Gasteiger partial charge in [0.05, 0.1) is 11.3 Å². The molecule has 0 spiro atoms. The van der Waals surface area contributed by atoms with E-state index in [-0.39, 0.29) is 17.7 Å². The second kappa shape index (κ2) is 5.14. The maximum absolute atomic E-state index is 13.4. The van der Waals surface area contributed by atoms with Crippen molar-refractivity contribution >= 4 is 11.5 Å². The summed E-state index contributed by atoms with van der Waals surface area (Å²) >= 11 is 0. The van der Waals surface area contributed by atoms with Crippen LogP contribution in [0.1, 0.15) is 15.9 Å². The Labute approximate surface area is 107 Å². The monoisotopic (exact) mass is 265 g/mol. The summed E-state index contributed by atoms with van der Waals surface area (Å²) < 4.78 is 39.1. The van der Waals surface area contributed by atoms with Crippen molar-refractivity contribution in [3.8, 4) is 0 Å². The predicted octanol–water partition coefficient (Wildman–Crippen LogP) is 3.11. The highest BCUT2D eigenvalue weighted by Crippen LogP contribution is 2.16. The lowest BCUT2D eigenvalue weighted by molar-refractivity contribution is 0.0989. The minimum Gasteiger partial charge on any atom is -0.396 e. The highest BCUT2D eigenvalue weighted by molar-refractivity contribution is 5.97. The van der Waals surface area contributed by atoms with E-state index >= 15 is 0 Å². The molecule has 0 aliphatic rings. The van der Waals surface area contributed by atoms with E-state index in [4.69, 9.17) is 5.73 Å². The molecule has 0 aliphatic heterocycles. The Morgan fingerprint density at radius 1 is 1.00 bits per heavy atom. The predicted molar refractivity (Wildman–Crippen MR) is 65.2 cm³/mol. The van der Waals surface area contributed by atoms with E-state index in [9.17, 15) is 18.0 Å². The lowest BCUT2D eigenvalue weighted by atomic mass is 10.0. The van der Waals surface area contributed by atoms with Crippen LogP contribution >= 0.6 is 0 Å². The van der Waals surface area contributed by atoms with Crippen molar-refractivity contribution < 1.29 is 18.0 Å². The number of carbonyl (C=O) groups is 1. The van der Waals surface area contributed by atoms with Crippen LogP contribution in [0.5, 0.6) is 0 Å². The zero-order valence-corrected chi connectivity index (χ0v) is 9.79. The van der Waals surface area contributed by atoms with Crippen LogP contribution < -0.4 is 5.73 Å². The molecule has 0 radical (unpaired) electrons. The minimum absolute atomic E-state index is 0.0788. The molecule has 0 unspecified atom stereocenters. The smallest absolute Gasteiger partial charge is 0.170 e. The average Bonchev–Trinajstić information content (AvgIpc) is 2.33. The van der Waals surface area contributed by atoms with Crippen LogP contribution in [0.3, 0.4) is 0 Å². The lowest BCUT2D eigenvalue weighted by Gasteiger charge is -2.04. The number of carbonyl (C=O) groups excluding carboxylic acids is 1. The van der Waals surface area contributed by atoms with Gasteiger partial charge in [-0.1, -0.05) is 6.07 Å². The summed E-state index contributed by atoms with van der Waals surface area (Å²) in [6, 6.07) is 6.58. The van der Waals surface area contributed by atoms with Crippen molar-refractivity contribution in [2.45, 2.75) is 6.42 Å². The van der Waals surface area contributed by atoms with E-state index < -0.39 is 23.2 Å². The van der Waals surface area contributed by atoms with E-state index in [2.05, 4.69) is 0 Å². The summed E-state index contributed by atoms with van der Waals surface area (Å²) in [4.78, 5) is 11.8. The van der Waals surface area contributed by atoms with E-state index in [1.807, 2.05) is 0 Å². The third-order valence-corrected chi connectivity index (χ3v) is 2.66. The number of hydrogen-bond acceptors (Lipinski definition) is 2. The minimum atomic E-state index is -0.917. The van der Waals surface area contributed by atoms with E-state index in [0.29, 0.717) is 11.6 Å². The number of Topliss-reactive ketones (excluding diaryl/α,β-unsaturated/α-hetero) is 1. The van der Waals surface area contributed by atoms with E-state index in [1.165, 1.54) is 12.1 Å². The van der Waals surface area contributed by atoms with Gasteiger partial charge in [-0.25, -0.2) is 13.2 Å². The molecular weight excluding hydrogens is 255 g/mol. The van der Waals surface area contributed by atoms with Crippen molar-refractivity contribution in [2.75, 3.05) is 5.73 Å². The Bertz CT molecular complexity index is 641. The first kappa shape index (κ1) is 13.1. The van der Waals surface area contributed by atoms with Gasteiger partial charge in [-0.15, -0.1) is 0 Å². The molecule has 0 atom stereocenters. The molecule has 19 heavy (non-hydrogen) atoms. The van der Waals surface area contributed by atoms with E-state index in [1.54, 1.807) is 0 Å². The van der Waals surface area contributed by atoms with Gasteiger partial charge in [0.15, 0.2) is 5.78 Å². The first-order valence-electron chi connectivity index (χ1n) is 5.49. The van der Waals surface area contributed by atoms with Gasteiger partial charge >= 0.3 is 0 Å². The fourth-order valence-electron chi connectivity index (χ4n) is 1.70. The molecule has 2 N–H and O–H groups in total. The maximum atomic E-state index is 13.4. The number of nitrogens with two attached hydrogens (primary N) is 1. The van der Waals surface area contributed by atoms with Crippen molar-refractivity contribution in [2.24, 2.45) is 0 Å². The SMILES string of the molecule is Nc1cc(CC(=O)c2ccc(F)cc2F)ccc1F. The van der Waals surface area contributed by atoms with Crippen LogP contribution in [0.15, 0.2) is 36.4 Å². The molecule has 98 valence electrons. The Kier molecular flexibility index (Phi) is 3.55. The van der Waals surface area contributed by atoms with Gasteiger partial charge in [0.2, 0.25) is 0 Å². The molecule has 5 heteroatoms. The lowest BCUT2D eigenvalue weighted by Crippen LogP contribution is -2.07. The summed E-state index contributed by atoms with van der Waals surface area (Å²) in [5, 5.41) is 0. The second-order valence-electron chi connectivity index (χ2n) is 4.08. The number of halogens is 3. The average molecular weight is 265 g/mol. The molecule has 0 fully saturated rings. The number of benzene rings is 2. The number of ketones is 1. The molecule has 2 rings (SSSR count). The molecule has 2 nitrogen and oxygen atoms in total. The molecule has 0 saturated heterocycles. The summed E-state index contributed by atoms with van der Waals surface area (Å²) in [6.45, 7) is 0. The normalized spacial score (nSPS) is 10.5. The fraction of sp³-hybridized carbons (Fsp3) is 0.0714. The number of nitrogen functional groups attached to an aromatic ring is 1. The molecule has 0 heterocycles. The Morgan fingerprint density at radius 2 is 1.74 bits per heavy atom. The van der Waals surface area contributed by atoms with Gasteiger partial charge in [-0.3, -0.25) is 4.79 Å². The first-order chi connectivity index (χ1) is 8.97. The van der Waals surface area contributed by atoms with Crippen molar-refractivity contribution in [3.05, 3.63) is 65.0 Å². The van der Waals surface area contributed by atoms with Gasteiger partial charge in [0.25, 0.3) is 0 Å². The molecule has 2 aromatic rings. The fourth-order valence-corrected chi connectivity index (χ4v) is 1.70. The standard InChI is InChI=1S/C14H10F3NO/c15-9-2-3-10(12(17)7-9)14(19)6-8-1-4-11(16)13(18)5-8/h1-5,7H,6,18H2. The van der Waals surface area contributed by atoms with Gasteiger partial charge in [-0.05, 0) is 29.8 Å². The third-order valence-electron chi connectivity index (χ3n) is 2.66. The van der Waals surface area contributed by atoms with Crippen LogP contribution in [0, 0.1) is 17.5 Å². The Morgan fingerprint density at radius 3 is 2.37 bits per heavy atom. The highest BCUT2D eigenvalue weighted by Gasteiger charge is 2.13. The largest absolute Gasteiger partial charge is 0.396 e. The topological polar surface area (TPSA) is 43.1 Å². The summed E-state index contributed by atoms with van der Waals surface area (Å²) in [5.74, 6) is -2.77. The Balaban J connectivity index is 2.23. The maximum Gasteiger partial charge on any atom is 0.170 e. The number of rotatable bonds is 3. The number of hydrogen-bond donors (Lipinski definition) is 1. The van der Waals surface area contributed by atoms with Crippen LogP contribution in [0.2, 0.25) is 0 Å². The molecule has 0 saturated carbocycles. The first-order valence-corrected chi connectivity index (χ1v) is 5.49. The van der Waals surface area contributed by atoms with Crippen molar-refractivity contribution in [1.82, 2.24) is 0 Å². The number of anilines is 1. The molecule has 0 aromatic heterocycles. The van der Waals surface area contributed by atoms with E-state index in [0.717, 1.165) is 18.2 Å². The second-order valence-corrected chi connectivity index (χ2v) is 4.08. The zero-order valence-electron chi connectivity index (χ0n) is 9.79. The van der Waals surface area contributed by atoms with Gasteiger partial charge in [0, 0.05) is 12.5 Å². The Hall–Kier alpha value is -2.30. The zero-order chi connectivity index (χ0) is 14.0. The molecule has 0 bridgehead atoms. The summed E-state index contributed by atoms with van der Waals surface area (Å²) in [7, 11) is 0. The molecular formula is C14H10F3NO. The summed E-state index contributed by atoms with van der Waals surface area (Å²) in [5.41, 5.74) is 5.56. The van der Waals surface area contributed by atoms with Gasteiger partial charge in [-0.2, -0.15) is 0 Å². The third kappa shape index (κ3) is 2.93. The van der Waals surface area contributed by atoms with Crippen molar-refractivity contribution in [1.29, 1.82) is 0 Å². The molecule has 0 aliphatic carbocycles. The quantitative estimate of drug-likeness (QED) is 0.684. The van der Waals surface area contributed by atoms with Crippen molar-refractivity contribution in [3.63, 3.8) is 0 Å². The van der Waals surface area contributed by atoms with Crippen LogP contribution in [0.25, 0.3) is 0 Å². The molecule has 2 aromatic carbocycles. The van der Waals surface area contributed by atoms with Crippen LogP contribution in [0.4, 0.5) is 18.9 Å². The highest BCUT2D eigenvalue weighted by atomic mass is 19.1. The molecule has 0 amide bonds. The van der Waals surface area contributed by atoms with Crippen LogP contribution in [-0.2, 0) is 6.42 Å². The van der Waals surface area contributed by atoms with Gasteiger partial charge in [0.1, 0.15) is 17.5 Å².